The first kappa shape index (κ1) is 13.9. The summed E-state index contributed by atoms with van der Waals surface area (Å²) in [5.41, 5.74) is 2.16. The Morgan fingerprint density at radius 1 is 1.40 bits per heavy atom. The van der Waals surface area contributed by atoms with Gasteiger partial charge in [0.1, 0.15) is 11.9 Å². The van der Waals surface area contributed by atoms with Crippen molar-refractivity contribution in [1.29, 1.82) is 0 Å². The van der Waals surface area contributed by atoms with Gasteiger partial charge in [-0.3, -0.25) is 0 Å². The average Bonchev–Trinajstić information content (AvgIpc) is 2.39. The fourth-order valence-corrected chi connectivity index (χ4v) is 3.25. The molecule has 3 nitrogen and oxygen atoms in total. The molecule has 1 N–H and O–H groups in total. The highest BCUT2D eigenvalue weighted by Crippen LogP contribution is 2.43. The average molecular weight is 276 g/mol. The number of rotatable bonds is 3. The predicted molar refractivity (Wildman–Crippen MR) is 78.0 cm³/mol. The number of aryl methyl sites for hydroxylation is 1. The second-order valence-corrected chi connectivity index (χ2v) is 6.32. The van der Waals surface area contributed by atoms with Gasteiger partial charge in [-0.15, -0.1) is 0 Å². The summed E-state index contributed by atoms with van der Waals surface area (Å²) in [7, 11) is 0. The van der Waals surface area contributed by atoms with E-state index in [0.717, 1.165) is 36.3 Å². The number of ether oxygens (including phenoxy) is 2. The SMILES string of the molecule is Cc1cc([C@H](C)O)ccc1OC1CCOC2(CCC2)C1. The first-order valence-corrected chi connectivity index (χ1v) is 7.67. The monoisotopic (exact) mass is 276 g/mol. The smallest absolute Gasteiger partial charge is 0.122 e. The summed E-state index contributed by atoms with van der Waals surface area (Å²) in [4.78, 5) is 0. The molecule has 1 saturated carbocycles. The molecule has 2 aliphatic rings. The van der Waals surface area contributed by atoms with Crippen LogP contribution in [0.3, 0.4) is 0 Å². The van der Waals surface area contributed by atoms with E-state index in [4.69, 9.17) is 9.47 Å². The molecule has 1 aliphatic carbocycles. The van der Waals surface area contributed by atoms with Crippen LogP contribution >= 0.6 is 0 Å². The fraction of sp³-hybridized carbons (Fsp3) is 0.647. The standard InChI is InChI=1S/C17H24O3/c1-12-10-14(13(2)18)4-5-16(12)20-15-6-9-19-17(11-15)7-3-8-17/h4-5,10,13,15,18H,3,6-9,11H2,1-2H3/t13-,15?/m0/s1. The van der Waals surface area contributed by atoms with Crippen molar-refractivity contribution in [2.45, 2.75) is 63.8 Å². The minimum absolute atomic E-state index is 0.121. The second-order valence-electron chi connectivity index (χ2n) is 6.32. The number of hydrogen-bond acceptors (Lipinski definition) is 3. The summed E-state index contributed by atoms with van der Waals surface area (Å²) < 4.78 is 12.1. The first-order chi connectivity index (χ1) is 9.58. The summed E-state index contributed by atoms with van der Waals surface area (Å²) in [6, 6.07) is 5.95. The zero-order valence-corrected chi connectivity index (χ0v) is 12.4. The van der Waals surface area contributed by atoms with Crippen molar-refractivity contribution in [3.05, 3.63) is 29.3 Å². The second kappa shape index (κ2) is 5.38. The third kappa shape index (κ3) is 2.70. The molecule has 1 spiro atoms. The highest BCUT2D eigenvalue weighted by molar-refractivity contribution is 5.37. The van der Waals surface area contributed by atoms with Crippen LogP contribution in [-0.2, 0) is 4.74 Å². The van der Waals surface area contributed by atoms with Gasteiger partial charge < -0.3 is 14.6 Å². The van der Waals surface area contributed by atoms with Crippen LogP contribution in [0.1, 0.15) is 56.3 Å². The van der Waals surface area contributed by atoms with Gasteiger partial charge in [0.05, 0.1) is 18.3 Å². The van der Waals surface area contributed by atoms with Crippen molar-refractivity contribution in [3.63, 3.8) is 0 Å². The lowest BCUT2D eigenvalue weighted by atomic mass is 9.74. The van der Waals surface area contributed by atoms with Gasteiger partial charge in [-0.1, -0.05) is 6.07 Å². The van der Waals surface area contributed by atoms with Crippen LogP contribution in [0, 0.1) is 6.92 Å². The van der Waals surface area contributed by atoms with Gasteiger partial charge in [0.2, 0.25) is 0 Å². The zero-order valence-electron chi connectivity index (χ0n) is 12.4. The molecule has 0 amide bonds. The molecular formula is C17H24O3. The van der Waals surface area contributed by atoms with Crippen molar-refractivity contribution in [1.82, 2.24) is 0 Å². The molecule has 2 fully saturated rings. The number of benzene rings is 1. The van der Waals surface area contributed by atoms with Gasteiger partial charge in [-0.25, -0.2) is 0 Å². The lowest BCUT2D eigenvalue weighted by molar-refractivity contribution is -0.153. The summed E-state index contributed by atoms with van der Waals surface area (Å²) in [5, 5.41) is 9.61. The molecule has 3 heteroatoms. The maximum atomic E-state index is 9.61. The summed E-state index contributed by atoms with van der Waals surface area (Å²) in [5.74, 6) is 0.941. The van der Waals surface area contributed by atoms with E-state index in [1.807, 2.05) is 25.1 Å². The van der Waals surface area contributed by atoms with E-state index < -0.39 is 6.10 Å². The van der Waals surface area contributed by atoms with Gasteiger partial charge in [-0.2, -0.15) is 0 Å². The van der Waals surface area contributed by atoms with Gasteiger partial charge in [-0.05, 0) is 56.4 Å². The molecule has 1 aromatic rings. The highest BCUT2D eigenvalue weighted by Gasteiger charge is 2.43. The van der Waals surface area contributed by atoms with Crippen LogP contribution in [0.4, 0.5) is 0 Å². The molecule has 1 unspecified atom stereocenters. The largest absolute Gasteiger partial charge is 0.490 e. The van der Waals surface area contributed by atoms with Gasteiger partial charge in [0, 0.05) is 12.8 Å². The van der Waals surface area contributed by atoms with Crippen LogP contribution < -0.4 is 4.74 Å². The molecule has 20 heavy (non-hydrogen) atoms. The fourth-order valence-electron chi connectivity index (χ4n) is 3.25. The molecule has 1 heterocycles. The molecule has 2 atom stereocenters. The number of hydrogen-bond donors (Lipinski definition) is 1. The lowest BCUT2D eigenvalue weighted by Crippen LogP contribution is -2.48. The van der Waals surface area contributed by atoms with Gasteiger partial charge >= 0.3 is 0 Å². The van der Waals surface area contributed by atoms with E-state index in [2.05, 4.69) is 0 Å². The van der Waals surface area contributed by atoms with Crippen LogP contribution in [0.25, 0.3) is 0 Å². The highest BCUT2D eigenvalue weighted by atomic mass is 16.5. The Morgan fingerprint density at radius 3 is 2.80 bits per heavy atom. The van der Waals surface area contributed by atoms with Crippen molar-refractivity contribution in [2.75, 3.05) is 6.61 Å². The van der Waals surface area contributed by atoms with E-state index in [-0.39, 0.29) is 11.7 Å². The van der Waals surface area contributed by atoms with Crippen LogP contribution in [0.2, 0.25) is 0 Å². The topological polar surface area (TPSA) is 38.7 Å². The van der Waals surface area contributed by atoms with Crippen molar-refractivity contribution in [3.8, 4) is 5.75 Å². The Bertz CT molecular complexity index is 477. The van der Waals surface area contributed by atoms with Gasteiger partial charge in [0.15, 0.2) is 0 Å². The molecule has 1 saturated heterocycles. The van der Waals surface area contributed by atoms with E-state index in [0.29, 0.717) is 0 Å². The molecule has 0 bridgehead atoms. The Morgan fingerprint density at radius 2 is 2.20 bits per heavy atom. The summed E-state index contributed by atoms with van der Waals surface area (Å²) in [6.45, 7) is 4.64. The Balaban J connectivity index is 1.68. The molecular weight excluding hydrogens is 252 g/mol. The van der Waals surface area contributed by atoms with Gasteiger partial charge in [0.25, 0.3) is 0 Å². The Hall–Kier alpha value is -1.06. The van der Waals surface area contributed by atoms with Crippen molar-refractivity contribution >= 4 is 0 Å². The minimum Gasteiger partial charge on any atom is -0.490 e. The minimum atomic E-state index is -0.427. The molecule has 3 rings (SSSR count). The molecule has 0 radical (unpaired) electrons. The zero-order chi connectivity index (χ0) is 14.2. The third-order valence-electron chi connectivity index (χ3n) is 4.69. The third-order valence-corrected chi connectivity index (χ3v) is 4.69. The summed E-state index contributed by atoms with van der Waals surface area (Å²) in [6.07, 6.45) is 5.49. The number of aliphatic hydroxyl groups excluding tert-OH is 1. The molecule has 0 aromatic heterocycles. The van der Waals surface area contributed by atoms with E-state index in [1.165, 1.54) is 19.3 Å². The summed E-state index contributed by atoms with van der Waals surface area (Å²) >= 11 is 0. The molecule has 1 aliphatic heterocycles. The predicted octanol–water partition coefficient (Wildman–Crippen LogP) is 3.53. The Kier molecular flexibility index (Phi) is 3.74. The van der Waals surface area contributed by atoms with E-state index in [9.17, 15) is 5.11 Å². The van der Waals surface area contributed by atoms with Crippen molar-refractivity contribution < 1.29 is 14.6 Å². The van der Waals surface area contributed by atoms with E-state index >= 15 is 0 Å². The van der Waals surface area contributed by atoms with Crippen LogP contribution in [0.15, 0.2) is 18.2 Å². The molecule has 1 aromatic carbocycles. The van der Waals surface area contributed by atoms with E-state index in [1.54, 1.807) is 6.92 Å². The first-order valence-electron chi connectivity index (χ1n) is 7.67. The maximum absolute atomic E-state index is 9.61. The quantitative estimate of drug-likeness (QED) is 0.918. The molecule has 110 valence electrons. The maximum Gasteiger partial charge on any atom is 0.122 e. The normalized spacial score (nSPS) is 26.1. The lowest BCUT2D eigenvalue weighted by Gasteiger charge is -2.47. The van der Waals surface area contributed by atoms with Crippen LogP contribution in [0.5, 0.6) is 5.75 Å². The van der Waals surface area contributed by atoms with Crippen LogP contribution in [-0.4, -0.2) is 23.4 Å². The number of aliphatic hydroxyl groups is 1. The Labute approximate surface area is 120 Å². The van der Waals surface area contributed by atoms with Crippen molar-refractivity contribution in [2.24, 2.45) is 0 Å².